The van der Waals surface area contributed by atoms with Gasteiger partial charge in [0, 0.05) is 12.5 Å². The predicted octanol–water partition coefficient (Wildman–Crippen LogP) is 1.56. The Morgan fingerprint density at radius 1 is 1.44 bits per heavy atom. The Hall–Kier alpha value is -1.41. The summed E-state index contributed by atoms with van der Waals surface area (Å²) >= 11 is 0. The van der Waals surface area contributed by atoms with Gasteiger partial charge in [0.25, 0.3) is 0 Å². The van der Waals surface area contributed by atoms with Crippen LogP contribution in [0.25, 0.3) is 0 Å². The highest BCUT2D eigenvalue weighted by molar-refractivity contribution is 5.20. The van der Waals surface area contributed by atoms with Crippen LogP contribution in [0.15, 0.2) is 0 Å². The van der Waals surface area contributed by atoms with Gasteiger partial charge in [-0.2, -0.15) is 5.26 Å². The van der Waals surface area contributed by atoms with Crippen molar-refractivity contribution in [1.82, 2.24) is 19.9 Å². The molecule has 0 aromatic carbocycles. The van der Waals surface area contributed by atoms with Crippen molar-refractivity contribution in [3.63, 3.8) is 0 Å². The molecule has 5 heteroatoms. The normalized spacial score (nSPS) is 15.7. The summed E-state index contributed by atoms with van der Waals surface area (Å²) in [5, 5.41) is 17.3. The van der Waals surface area contributed by atoms with E-state index in [1.165, 1.54) is 25.0 Å². The molecule has 1 aromatic rings. The minimum absolute atomic E-state index is 0.388. The van der Waals surface area contributed by atoms with Crippen LogP contribution < -0.4 is 0 Å². The smallest absolute Gasteiger partial charge is 0.100 e. The molecule has 1 saturated carbocycles. The van der Waals surface area contributed by atoms with Crippen LogP contribution >= 0.6 is 0 Å². The topological polar surface area (TPSA) is 57.7 Å². The molecule has 0 saturated heterocycles. The molecule has 0 radical (unpaired) electrons. The van der Waals surface area contributed by atoms with Gasteiger partial charge in [0.05, 0.1) is 18.2 Å². The van der Waals surface area contributed by atoms with Crippen molar-refractivity contribution in [2.45, 2.75) is 44.6 Å². The van der Waals surface area contributed by atoms with Crippen molar-refractivity contribution < 1.29 is 0 Å². The summed E-state index contributed by atoms with van der Waals surface area (Å²) in [4.78, 5) is 2.18. The van der Waals surface area contributed by atoms with Crippen molar-refractivity contribution in [1.29, 1.82) is 5.26 Å². The standard InChI is InChI=1S/C13H21N5/c1-17(2)9-4-10-18-13(11-5-3-6-11)12(7-8-14)15-16-18/h11H,3-7,9-10H2,1-2H3. The minimum atomic E-state index is 0.388. The number of nitriles is 1. The van der Waals surface area contributed by atoms with E-state index >= 15 is 0 Å². The van der Waals surface area contributed by atoms with E-state index in [0.717, 1.165) is 25.2 Å². The second kappa shape index (κ2) is 5.96. The zero-order valence-corrected chi connectivity index (χ0v) is 11.3. The molecule has 1 aromatic heterocycles. The highest BCUT2D eigenvalue weighted by Gasteiger charge is 2.27. The summed E-state index contributed by atoms with van der Waals surface area (Å²) in [5.41, 5.74) is 2.12. The van der Waals surface area contributed by atoms with Crippen LogP contribution in [0.5, 0.6) is 0 Å². The van der Waals surface area contributed by atoms with Gasteiger partial charge in [0.1, 0.15) is 5.69 Å². The molecular weight excluding hydrogens is 226 g/mol. The first-order valence-electron chi connectivity index (χ1n) is 6.66. The average molecular weight is 247 g/mol. The second-order valence-corrected chi connectivity index (χ2v) is 5.26. The first-order valence-corrected chi connectivity index (χ1v) is 6.66. The fourth-order valence-corrected chi connectivity index (χ4v) is 2.39. The lowest BCUT2D eigenvalue weighted by Crippen LogP contribution is -2.19. The van der Waals surface area contributed by atoms with Crippen molar-refractivity contribution in [2.24, 2.45) is 0 Å². The van der Waals surface area contributed by atoms with Crippen molar-refractivity contribution in [3.05, 3.63) is 11.4 Å². The third-order valence-corrected chi connectivity index (χ3v) is 3.56. The highest BCUT2D eigenvalue weighted by atomic mass is 15.4. The largest absolute Gasteiger partial charge is 0.309 e. The van der Waals surface area contributed by atoms with Crippen molar-refractivity contribution >= 4 is 0 Å². The lowest BCUT2D eigenvalue weighted by Gasteiger charge is -2.26. The molecule has 0 unspecified atom stereocenters. The van der Waals surface area contributed by atoms with E-state index in [1.54, 1.807) is 0 Å². The lowest BCUT2D eigenvalue weighted by molar-refractivity contribution is 0.356. The average Bonchev–Trinajstić information content (AvgIpc) is 2.61. The molecule has 18 heavy (non-hydrogen) atoms. The quantitative estimate of drug-likeness (QED) is 0.765. The molecule has 98 valence electrons. The summed E-state index contributed by atoms with van der Waals surface area (Å²) in [6.45, 7) is 1.96. The Balaban J connectivity index is 2.06. The first-order chi connectivity index (χ1) is 8.72. The second-order valence-electron chi connectivity index (χ2n) is 5.26. The molecule has 1 aliphatic carbocycles. The third-order valence-electron chi connectivity index (χ3n) is 3.56. The van der Waals surface area contributed by atoms with Gasteiger partial charge in [-0.15, -0.1) is 5.10 Å². The van der Waals surface area contributed by atoms with Crippen molar-refractivity contribution in [2.75, 3.05) is 20.6 Å². The third kappa shape index (κ3) is 2.88. The first kappa shape index (κ1) is 13.0. The number of rotatable bonds is 6. The number of nitrogens with zero attached hydrogens (tertiary/aromatic N) is 5. The van der Waals surface area contributed by atoms with Crippen LogP contribution in [-0.2, 0) is 13.0 Å². The van der Waals surface area contributed by atoms with Gasteiger partial charge in [0.2, 0.25) is 0 Å². The zero-order chi connectivity index (χ0) is 13.0. The number of hydrogen-bond acceptors (Lipinski definition) is 4. The summed E-state index contributed by atoms with van der Waals surface area (Å²) in [7, 11) is 4.16. The molecule has 0 spiro atoms. The van der Waals surface area contributed by atoms with Crippen molar-refractivity contribution in [3.8, 4) is 6.07 Å². The van der Waals surface area contributed by atoms with Crippen LogP contribution in [0, 0.1) is 11.3 Å². The van der Waals surface area contributed by atoms with Crippen LogP contribution in [0.4, 0.5) is 0 Å². The van der Waals surface area contributed by atoms with Crippen LogP contribution in [0.3, 0.4) is 0 Å². The zero-order valence-electron chi connectivity index (χ0n) is 11.3. The fraction of sp³-hybridized carbons (Fsp3) is 0.769. The molecule has 0 N–H and O–H groups in total. The van der Waals surface area contributed by atoms with E-state index in [-0.39, 0.29) is 0 Å². The maximum Gasteiger partial charge on any atom is 0.100 e. The van der Waals surface area contributed by atoms with Gasteiger partial charge in [-0.05, 0) is 39.9 Å². The van der Waals surface area contributed by atoms with Crippen LogP contribution in [0.2, 0.25) is 0 Å². The minimum Gasteiger partial charge on any atom is -0.309 e. The van der Waals surface area contributed by atoms with Gasteiger partial charge in [-0.3, -0.25) is 0 Å². The Kier molecular flexibility index (Phi) is 4.32. The number of aromatic nitrogens is 3. The van der Waals surface area contributed by atoms with E-state index in [2.05, 4.69) is 35.4 Å². The molecule has 0 amide bonds. The molecule has 1 aliphatic rings. The number of hydrogen-bond donors (Lipinski definition) is 0. The summed E-state index contributed by atoms with van der Waals surface area (Å²) in [5.74, 6) is 0.586. The van der Waals surface area contributed by atoms with E-state index in [1.807, 2.05) is 4.68 Å². The monoisotopic (exact) mass is 247 g/mol. The van der Waals surface area contributed by atoms with E-state index in [0.29, 0.717) is 12.3 Å². The van der Waals surface area contributed by atoms with Gasteiger partial charge in [0.15, 0.2) is 0 Å². The van der Waals surface area contributed by atoms with E-state index in [4.69, 9.17) is 5.26 Å². The Bertz CT molecular complexity index is 425. The van der Waals surface area contributed by atoms with Gasteiger partial charge < -0.3 is 4.90 Å². The Morgan fingerprint density at radius 2 is 2.22 bits per heavy atom. The van der Waals surface area contributed by atoms with Crippen LogP contribution in [0.1, 0.15) is 43.0 Å². The maximum atomic E-state index is 8.84. The molecule has 1 fully saturated rings. The SMILES string of the molecule is CN(C)CCCn1nnc(CC#N)c1C1CCC1. The molecule has 1 heterocycles. The molecule has 0 atom stereocenters. The lowest BCUT2D eigenvalue weighted by atomic mass is 9.81. The van der Waals surface area contributed by atoms with Gasteiger partial charge >= 0.3 is 0 Å². The summed E-state index contributed by atoms with van der Waals surface area (Å²) < 4.78 is 2.03. The Morgan fingerprint density at radius 3 is 2.78 bits per heavy atom. The van der Waals surface area contributed by atoms with E-state index in [9.17, 15) is 0 Å². The van der Waals surface area contributed by atoms with Gasteiger partial charge in [-0.1, -0.05) is 11.6 Å². The van der Waals surface area contributed by atoms with Crippen LogP contribution in [-0.4, -0.2) is 40.5 Å². The molecule has 2 rings (SSSR count). The highest BCUT2D eigenvalue weighted by Crippen LogP contribution is 2.37. The molecular formula is C13H21N5. The maximum absolute atomic E-state index is 8.84. The summed E-state index contributed by atoms with van der Waals surface area (Å²) in [6.07, 6.45) is 5.19. The summed E-state index contributed by atoms with van der Waals surface area (Å²) in [6, 6.07) is 2.19. The molecule has 0 bridgehead atoms. The Labute approximate surface area is 108 Å². The predicted molar refractivity (Wildman–Crippen MR) is 69.1 cm³/mol. The molecule has 0 aliphatic heterocycles. The molecule has 5 nitrogen and oxygen atoms in total. The fourth-order valence-electron chi connectivity index (χ4n) is 2.39. The van der Waals surface area contributed by atoms with Gasteiger partial charge in [-0.25, -0.2) is 4.68 Å². The van der Waals surface area contributed by atoms with E-state index < -0.39 is 0 Å². The number of aryl methyl sites for hydroxylation is 1.